The normalized spacial score (nSPS) is 9.50. The van der Waals surface area contributed by atoms with Crippen molar-refractivity contribution in [2.24, 2.45) is 5.41 Å². The molecule has 0 heterocycles. The molecule has 0 unspecified atom stereocenters. The molecule has 0 aliphatic carbocycles. The molecular weight excluding hydrogens is 277 g/mol. The summed E-state index contributed by atoms with van der Waals surface area (Å²) < 4.78 is 0. The molecule has 0 aliphatic heterocycles. The van der Waals surface area contributed by atoms with Gasteiger partial charge in [0.1, 0.15) is 0 Å². The molecule has 4 heteroatoms. The quantitative estimate of drug-likeness (QED) is 0.586. The summed E-state index contributed by atoms with van der Waals surface area (Å²) in [5, 5.41) is 8.98. The Hall–Kier alpha value is -0.527. The van der Waals surface area contributed by atoms with E-state index in [1.54, 1.807) is 20.8 Å². The number of benzene rings is 1. The van der Waals surface area contributed by atoms with E-state index in [2.05, 4.69) is 6.92 Å². The van der Waals surface area contributed by atoms with Crippen molar-refractivity contribution in [1.29, 1.82) is 0 Å². The van der Waals surface area contributed by atoms with Gasteiger partial charge in [-0.2, -0.15) is 30.2 Å². The monoisotopic (exact) mass is 291 g/mol. The van der Waals surface area contributed by atoms with Crippen LogP contribution in [0.4, 0.5) is 0 Å². The molecule has 0 bridgehead atoms. The van der Waals surface area contributed by atoms with Crippen LogP contribution in [0.3, 0.4) is 0 Å². The average Bonchev–Trinajstić information content (AvgIpc) is 2.09. The fourth-order valence-electron chi connectivity index (χ4n) is 0.498. The second-order valence-corrected chi connectivity index (χ2v) is 4.55. The first-order chi connectivity index (χ1) is 6.75. The molecule has 16 heavy (non-hydrogen) atoms. The Bertz CT molecular complexity index is 311. The molecule has 0 saturated heterocycles. The first-order valence-corrected chi connectivity index (χ1v) is 4.93. The van der Waals surface area contributed by atoms with Crippen LogP contribution < -0.4 is 0 Å². The van der Waals surface area contributed by atoms with E-state index in [9.17, 15) is 4.79 Å². The number of hydrogen-bond donors (Lipinski definition) is 1. The van der Waals surface area contributed by atoms with Crippen LogP contribution >= 0.6 is 11.6 Å². The average molecular weight is 293 g/mol. The van der Waals surface area contributed by atoms with E-state index in [4.69, 9.17) is 16.7 Å². The Morgan fingerprint density at radius 3 is 1.88 bits per heavy atom. The Labute approximate surface area is 115 Å². The van der Waals surface area contributed by atoms with E-state index in [-0.39, 0.29) is 19.5 Å². The third kappa shape index (κ3) is 7.72. The van der Waals surface area contributed by atoms with E-state index in [0.717, 1.165) is 10.6 Å². The van der Waals surface area contributed by atoms with Gasteiger partial charge < -0.3 is 5.11 Å². The summed E-state index contributed by atoms with van der Waals surface area (Å²) in [5.41, 5.74) is 0.300. The van der Waals surface area contributed by atoms with Gasteiger partial charge in [0.25, 0.3) is 0 Å². The summed E-state index contributed by atoms with van der Waals surface area (Å²) in [6.45, 7) is 8.67. The summed E-state index contributed by atoms with van der Waals surface area (Å²) in [7, 11) is 0. The van der Waals surface area contributed by atoms with Crippen molar-refractivity contribution < 1.29 is 29.4 Å². The van der Waals surface area contributed by atoms with Gasteiger partial charge in [-0.1, -0.05) is 11.1 Å². The Morgan fingerprint density at radius 1 is 1.31 bits per heavy atom. The topological polar surface area (TPSA) is 37.3 Å². The van der Waals surface area contributed by atoms with Crippen molar-refractivity contribution >= 4 is 17.6 Å². The van der Waals surface area contributed by atoms with Crippen LogP contribution in [0.2, 0.25) is 5.02 Å². The Morgan fingerprint density at radius 2 is 1.69 bits per heavy atom. The van der Waals surface area contributed by atoms with Gasteiger partial charge in [-0.3, -0.25) is 4.79 Å². The van der Waals surface area contributed by atoms with Gasteiger partial charge in [0.05, 0.1) is 5.41 Å². The molecule has 86 valence electrons. The minimum atomic E-state index is -0.757. The zero-order valence-electron chi connectivity index (χ0n) is 9.96. The fraction of sp³-hybridized carbons (Fsp3) is 0.333. The molecule has 0 atom stereocenters. The van der Waals surface area contributed by atoms with Gasteiger partial charge in [0.15, 0.2) is 0 Å². The van der Waals surface area contributed by atoms with Gasteiger partial charge >= 0.3 is 5.97 Å². The summed E-state index contributed by atoms with van der Waals surface area (Å²) in [4.78, 5) is 10.0. The van der Waals surface area contributed by atoms with Crippen LogP contribution in [-0.4, -0.2) is 11.1 Å². The molecule has 0 saturated carbocycles. The molecule has 0 aromatic heterocycles. The summed E-state index contributed by atoms with van der Waals surface area (Å²) in [5.74, 6) is -0.757. The van der Waals surface area contributed by atoms with Crippen molar-refractivity contribution in [2.45, 2.75) is 20.8 Å². The third-order valence-electron chi connectivity index (χ3n) is 1.60. The molecule has 0 spiro atoms. The number of carboxylic acids is 1. The van der Waals surface area contributed by atoms with Gasteiger partial charge in [-0.15, -0.1) is 12.1 Å². The molecule has 0 radical (unpaired) electrons. The number of halogens is 1. The SMILES string of the molecule is CC(C)(C)C(=O)O.[CH2-]c1ccccc1Cl.[Zn]. The zero-order chi connectivity index (χ0) is 12.1. The van der Waals surface area contributed by atoms with E-state index in [0.29, 0.717) is 0 Å². The predicted molar refractivity (Wildman–Crippen MR) is 63.0 cm³/mol. The predicted octanol–water partition coefficient (Wildman–Crippen LogP) is 3.64. The summed E-state index contributed by atoms with van der Waals surface area (Å²) in [6.07, 6.45) is 0. The van der Waals surface area contributed by atoms with Crippen LogP contribution in [0, 0.1) is 12.3 Å². The van der Waals surface area contributed by atoms with E-state index < -0.39 is 11.4 Å². The minimum absolute atomic E-state index is 0. The molecule has 0 fully saturated rings. The van der Waals surface area contributed by atoms with Gasteiger partial charge in [-0.25, -0.2) is 0 Å². The second-order valence-electron chi connectivity index (χ2n) is 4.15. The number of hydrogen-bond acceptors (Lipinski definition) is 1. The molecule has 0 amide bonds. The minimum Gasteiger partial charge on any atom is -0.481 e. The Balaban J connectivity index is 0. The largest absolute Gasteiger partial charge is 0.481 e. The second kappa shape index (κ2) is 7.70. The zero-order valence-corrected chi connectivity index (χ0v) is 13.7. The Kier molecular flexibility index (Phi) is 8.59. The molecule has 1 rings (SSSR count). The van der Waals surface area contributed by atoms with Crippen LogP contribution in [0.5, 0.6) is 0 Å². The number of carbonyl (C=O) groups is 1. The summed E-state index contributed by atoms with van der Waals surface area (Å²) in [6, 6.07) is 7.50. The first kappa shape index (κ1) is 17.9. The van der Waals surface area contributed by atoms with Gasteiger partial charge in [0.2, 0.25) is 0 Å². The van der Waals surface area contributed by atoms with Crippen molar-refractivity contribution in [1.82, 2.24) is 0 Å². The van der Waals surface area contributed by atoms with Crippen molar-refractivity contribution in [3.05, 3.63) is 41.8 Å². The van der Waals surface area contributed by atoms with E-state index in [1.807, 2.05) is 24.3 Å². The number of carboxylic acid groups (broad SMARTS) is 1. The van der Waals surface area contributed by atoms with Gasteiger partial charge in [-0.05, 0) is 20.8 Å². The van der Waals surface area contributed by atoms with E-state index >= 15 is 0 Å². The molecular formula is C12H16ClO2Zn-. The molecule has 0 aliphatic rings. The standard InChI is InChI=1S/C7H6Cl.C5H10O2.Zn/c1-6-4-2-3-5-7(6)8;1-5(2,3)4(6)7;/h2-5H,1H2;1-3H3,(H,6,7);/q-1;;. The number of aliphatic carboxylic acids is 1. The summed E-state index contributed by atoms with van der Waals surface area (Å²) >= 11 is 5.65. The third-order valence-corrected chi connectivity index (χ3v) is 1.97. The van der Waals surface area contributed by atoms with Crippen LogP contribution in [0.15, 0.2) is 24.3 Å². The molecule has 2 nitrogen and oxygen atoms in total. The van der Waals surface area contributed by atoms with E-state index in [1.165, 1.54) is 0 Å². The first-order valence-electron chi connectivity index (χ1n) is 4.55. The smallest absolute Gasteiger partial charge is 0.308 e. The maximum Gasteiger partial charge on any atom is 0.308 e. The number of rotatable bonds is 0. The fourth-order valence-corrected chi connectivity index (χ4v) is 0.634. The van der Waals surface area contributed by atoms with Crippen LogP contribution in [-0.2, 0) is 24.3 Å². The van der Waals surface area contributed by atoms with Crippen molar-refractivity contribution in [3.8, 4) is 0 Å². The maximum atomic E-state index is 10.0. The van der Waals surface area contributed by atoms with Crippen molar-refractivity contribution in [2.75, 3.05) is 0 Å². The molecule has 1 aromatic carbocycles. The van der Waals surface area contributed by atoms with Crippen LogP contribution in [0.25, 0.3) is 0 Å². The molecule has 1 N–H and O–H groups in total. The van der Waals surface area contributed by atoms with Crippen LogP contribution in [0.1, 0.15) is 26.3 Å². The molecule has 1 aromatic rings. The van der Waals surface area contributed by atoms with Gasteiger partial charge in [0, 0.05) is 19.5 Å². The maximum absolute atomic E-state index is 10.0. The van der Waals surface area contributed by atoms with Crippen molar-refractivity contribution in [3.63, 3.8) is 0 Å².